The van der Waals surface area contributed by atoms with E-state index in [1.807, 2.05) is 43.3 Å². The first-order chi connectivity index (χ1) is 13.6. The van der Waals surface area contributed by atoms with Crippen LogP contribution < -0.4 is 15.4 Å². The van der Waals surface area contributed by atoms with Gasteiger partial charge >= 0.3 is 0 Å². The van der Waals surface area contributed by atoms with Crippen molar-refractivity contribution in [1.29, 1.82) is 0 Å². The van der Waals surface area contributed by atoms with Gasteiger partial charge in [0.2, 0.25) is 5.91 Å². The zero-order chi connectivity index (χ0) is 19.5. The molecule has 1 aliphatic heterocycles. The number of fused-ring (bicyclic) bond motifs is 1. The van der Waals surface area contributed by atoms with E-state index in [0.717, 1.165) is 53.5 Å². The number of aromatic amines is 1. The van der Waals surface area contributed by atoms with Crippen molar-refractivity contribution in [2.75, 3.05) is 38.6 Å². The van der Waals surface area contributed by atoms with Crippen LogP contribution in [0, 0.1) is 6.92 Å². The van der Waals surface area contributed by atoms with Gasteiger partial charge in [-0.2, -0.15) is 0 Å². The Morgan fingerprint density at radius 3 is 3.04 bits per heavy atom. The summed E-state index contributed by atoms with van der Waals surface area (Å²) < 4.78 is 5.53. The third-order valence-electron chi connectivity index (χ3n) is 5.08. The Labute approximate surface area is 164 Å². The summed E-state index contributed by atoms with van der Waals surface area (Å²) in [5.74, 6) is 1.68. The number of nitrogens with zero attached hydrogens (tertiary/aromatic N) is 2. The highest BCUT2D eigenvalue weighted by atomic mass is 16.5. The number of amides is 1. The zero-order valence-corrected chi connectivity index (χ0v) is 16.2. The van der Waals surface area contributed by atoms with Crippen LogP contribution in [-0.4, -0.2) is 54.1 Å². The minimum Gasteiger partial charge on any atom is -0.496 e. The van der Waals surface area contributed by atoms with Crippen LogP contribution >= 0.6 is 0 Å². The molecule has 0 bridgehead atoms. The van der Waals surface area contributed by atoms with Crippen LogP contribution in [-0.2, 0) is 4.79 Å². The molecule has 0 aliphatic carbocycles. The Bertz CT molecular complexity index is 984. The van der Waals surface area contributed by atoms with Gasteiger partial charge in [0.25, 0.3) is 0 Å². The van der Waals surface area contributed by atoms with Crippen molar-refractivity contribution in [1.82, 2.24) is 20.2 Å². The smallest absolute Gasteiger partial charge is 0.238 e. The topological polar surface area (TPSA) is 82.3 Å². The molecule has 1 amide bonds. The van der Waals surface area contributed by atoms with E-state index in [2.05, 4.69) is 31.6 Å². The van der Waals surface area contributed by atoms with Gasteiger partial charge in [0.15, 0.2) is 0 Å². The Hall–Kier alpha value is -2.90. The Morgan fingerprint density at radius 2 is 2.18 bits per heavy atom. The number of aromatic nitrogens is 2. The number of piperazine rings is 1. The number of ether oxygens (including phenoxy) is 1. The molecule has 1 aromatic heterocycles. The molecule has 2 heterocycles. The number of H-pyrrole nitrogens is 1. The molecule has 1 unspecified atom stereocenters. The van der Waals surface area contributed by atoms with E-state index in [9.17, 15) is 4.79 Å². The van der Waals surface area contributed by atoms with E-state index >= 15 is 0 Å². The summed E-state index contributed by atoms with van der Waals surface area (Å²) in [4.78, 5) is 22.5. The van der Waals surface area contributed by atoms with E-state index in [1.165, 1.54) is 0 Å². The van der Waals surface area contributed by atoms with Crippen molar-refractivity contribution in [2.24, 2.45) is 0 Å². The van der Waals surface area contributed by atoms with Gasteiger partial charge in [-0.3, -0.25) is 9.69 Å². The molecule has 0 spiro atoms. The zero-order valence-electron chi connectivity index (χ0n) is 16.2. The highest BCUT2D eigenvalue weighted by Crippen LogP contribution is 2.30. The van der Waals surface area contributed by atoms with Crippen molar-refractivity contribution in [2.45, 2.75) is 13.0 Å². The van der Waals surface area contributed by atoms with Crippen LogP contribution in [0.2, 0.25) is 0 Å². The van der Waals surface area contributed by atoms with E-state index in [1.54, 1.807) is 7.11 Å². The van der Waals surface area contributed by atoms with Gasteiger partial charge in [-0.05, 0) is 31.2 Å². The first kappa shape index (κ1) is 18.5. The Morgan fingerprint density at radius 1 is 1.32 bits per heavy atom. The molecule has 0 saturated carbocycles. The third kappa shape index (κ3) is 3.85. The molecule has 1 fully saturated rings. The number of carbonyl (C=O) groups is 1. The van der Waals surface area contributed by atoms with E-state index in [0.29, 0.717) is 6.54 Å². The maximum absolute atomic E-state index is 12.7. The van der Waals surface area contributed by atoms with E-state index in [4.69, 9.17) is 4.74 Å². The predicted molar refractivity (Wildman–Crippen MR) is 110 cm³/mol. The molecule has 2 aromatic carbocycles. The van der Waals surface area contributed by atoms with Crippen LogP contribution in [0.3, 0.4) is 0 Å². The van der Waals surface area contributed by atoms with Gasteiger partial charge in [0.05, 0.1) is 30.7 Å². The van der Waals surface area contributed by atoms with Crippen molar-refractivity contribution >= 4 is 22.6 Å². The van der Waals surface area contributed by atoms with Crippen LogP contribution in [0.4, 0.5) is 5.69 Å². The summed E-state index contributed by atoms with van der Waals surface area (Å²) >= 11 is 0. The average molecular weight is 379 g/mol. The lowest BCUT2D eigenvalue weighted by atomic mass is 10.0. The molecule has 3 N–H and O–H groups in total. The standard InChI is InChI=1S/C21H25N5O2/c1-14-23-17-8-7-15(11-18(17)24-14)25-21(27)13-26-10-9-22-12-19(26)16-5-3-4-6-20(16)28-2/h3-8,11,19,22H,9-10,12-13H2,1-2H3,(H,23,24)(H,25,27). The number of rotatable bonds is 5. The fourth-order valence-electron chi connectivity index (χ4n) is 3.78. The second-order valence-electron chi connectivity index (χ2n) is 7.03. The predicted octanol–water partition coefficient (Wildman–Crippen LogP) is 2.46. The van der Waals surface area contributed by atoms with E-state index < -0.39 is 0 Å². The Balaban J connectivity index is 1.48. The lowest BCUT2D eigenvalue weighted by molar-refractivity contribution is -0.118. The van der Waals surface area contributed by atoms with Gasteiger partial charge < -0.3 is 20.4 Å². The fraction of sp³-hybridized carbons (Fsp3) is 0.333. The first-order valence-electron chi connectivity index (χ1n) is 9.48. The third-order valence-corrected chi connectivity index (χ3v) is 5.08. The van der Waals surface area contributed by atoms with Gasteiger partial charge in [-0.15, -0.1) is 0 Å². The number of imidazole rings is 1. The molecule has 7 heteroatoms. The summed E-state index contributed by atoms with van der Waals surface area (Å²) in [5.41, 5.74) is 3.68. The molecule has 1 atom stereocenters. The molecule has 7 nitrogen and oxygen atoms in total. The first-order valence-corrected chi connectivity index (χ1v) is 9.48. The van der Waals surface area contributed by atoms with Crippen LogP contribution in [0.1, 0.15) is 17.4 Å². The second kappa shape index (κ2) is 8.00. The SMILES string of the molecule is COc1ccccc1C1CNCCN1CC(=O)Nc1ccc2nc(C)[nH]c2c1. The number of anilines is 1. The normalized spacial score (nSPS) is 17.6. The summed E-state index contributed by atoms with van der Waals surface area (Å²) in [7, 11) is 1.68. The Kier molecular flexibility index (Phi) is 5.27. The van der Waals surface area contributed by atoms with Gasteiger partial charge in [-0.25, -0.2) is 4.98 Å². The van der Waals surface area contributed by atoms with Crippen molar-refractivity contribution < 1.29 is 9.53 Å². The van der Waals surface area contributed by atoms with E-state index in [-0.39, 0.29) is 11.9 Å². The molecule has 1 aliphatic rings. The van der Waals surface area contributed by atoms with Gasteiger partial charge in [-0.1, -0.05) is 18.2 Å². The lowest BCUT2D eigenvalue weighted by Crippen LogP contribution is -2.48. The number of methoxy groups -OCH3 is 1. The van der Waals surface area contributed by atoms with Gasteiger partial charge in [0, 0.05) is 30.9 Å². The molecule has 0 radical (unpaired) electrons. The highest BCUT2D eigenvalue weighted by molar-refractivity contribution is 5.94. The number of nitrogens with one attached hydrogen (secondary N) is 3. The quantitative estimate of drug-likeness (QED) is 0.634. The number of para-hydroxylation sites is 1. The number of aryl methyl sites for hydroxylation is 1. The van der Waals surface area contributed by atoms with Crippen molar-refractivity contribution in [3.8, 4) is 5.75 Å². The van der Waals surface area contributed by atoms with Gasteiger partial charge in [0.1, 0.15) is 11.6 Å². The number of hydrogen-bond acceptors (Lipinski definition) is 5. The van der Waals surface area contributed by atoms with Crippen LogP contribution in [0.5, 0.6) is 5.75 Å². The monoisotopic (exact) mass is 379 g/mol. The lowest BCUT2D eigenvalue weighted by Gasteiger charge is -2.36. The second-order valence-corrected chi connectivity index (χ2v) is 7.03. The summed E-state index contributed by atoms with van der Waals surface area (Å²) in [6.07, 6.45) is 0. The molecule has 146 valence electrons. The number of hydrogen-bond donors (Lipinski definition) is 3. The largest absolute Gasteiger partial charge is 0.496 e. The molecular formula is C21H25N5O2. The fourth-order valence-corrected chi connectivity index (χ4v) is 3.78. The number of benzene rings is 2. The maximum Gasteiger partial charge on any atom is 0.238 e. The minimum absolute atomic E-state index is 0.0302. The summed E-state index contributed by atoms with van der Waals surface area (Å²) in [6.45, 7) is 4.69. The highest BCUT2D eigenvalue weighted by Gasteiger charge is 2.27. The molecular weight excluding hydrogens is 354 g/mol. The minimum atomic E-state index is -0.0302. The average Bonchev–Trinajstić information content (AvgIpc) is 3.07. The summed E-state index contributed by atoms with van der Waals surface area (Å²) in [6, 6.07) is 13.8. The molecule has 4 rings (SSSR count). The molecule has 1 saturated heterocycles. The number of carbonyl (C=O) groups excluding carboxylic acids is 1. The summed E-state index contributed by atoms with van der Waals surface area (Å²) in [5, 5.41) is 6.43. The molecule has 3 aromatic rings. The van der Waals surface area contributed by atoms with Crippen molar-refractivity contribution in [3.63, 3.8) is 0 Å². The van der Waals surface area contributed by atoms with Crippen LogP contribution in [0.25, 0.3) is 11.0 Å². The van der Waals surface area contributed by atoms with Crippen molar-refractivity contribution in [3.05, 3.63) is 53.9 Å². The molecule has 28 heavy (non-hydrogen) atoms. The van der Waals surface area contributed by atoms with Crippen LogP contribution in [0.15, 0.2) is 42.5 Å². The maximum atomic E-state index is 12.7.